The molecule has 0 aromatic carbocycles. The van der Waals surface area contributed by atoms with Crippen LogP contribution >= 0.6 is 0 Å². The van der Waals surface area contributed by atoms with E-state index in [1.165, 1.54) is 4.90 Å². The summed E-state index contributed by atoms with van der Waals surface area (Å²) < 4.78 is 24.3. The Morgan fingerprint density at radius 2 is 2.20 bits per heavy atom. The first-order chi connectivity index (χ1) is 7.13. The SMILES string of the molecule is CCNc1cccc(N(C)CC(F)F)n1. The lowest BCUT2D eigenvalue weighted by atomic mass is 10.4. The van der Waals surface area contributed by atoms with Crippen molar-refractivity contribution in [1.82, 2.24) is 4.98 Å². The molecule has 0 aliphatic carbocycles. The molecule has 0 atom stereocenters. The first-order valence-corrected chi connectivity index (χ1v) is 4.83. The number of pyridine rings is 1. The first kappa shape index (κ1) is 11.7. The van der Waals surface area contributed by atoms with Crippen LogP contribution in [0.2, 0.25) is 0 Å². The van der Waals surface area contributed by atoms with Gasteiger partial charge in [0.05, 0.1) is 6.54 Å². The zero-order chi connectivity index (χ0) is 11.3. The van der Waals surface area contributed by atoms with E-state index in [-0.39, 0.29) is 6.54 Å². The molecule has 3 nitrogen and oxygen atoms in total. The highest BCUT2D eigenvalue weighted by Crippen LogP contribution is 2.13. The van der Waals surface area contributed by atoms with Gasteiger partial charge in [-0.1, -0.05) is 6.07 Å². The Morgan fingerprint density at radius 1 is 1.47 bits per heavy atom. The van der Waals surface area contributed by atoms with Gasteiger partial charge in [0, 0.05) is 13.6 Å². The second kappa shape index (κ2) is 5.48. The maximum atomic E-state index is 12.1. The van der Waals surface area contributed by atoms with Crippen molar-refractivity contribution in [3.05, 3.63) is 18.2 Å². The maximum absolute atomic E-state index is 12.1. The Morgan fingerprint density at radius 3 is 2.80 bits per heavy atom. The van der Waals surface area contributed by atoms with E-state index in [2.05, 4.69) is 10.3 Å². The molecule has 1 heterocycles. The Labute approximate surface area is 88.1 Å². The van der Waals surface area contributed by atoms with Crippen LogP contribution in [0, 0.1) is 0 Å². The zero-order valence-electron chi connectivity index (χ0n) is 8.87. The minimum atomic E-state index is -2.35. The molecule has 0 aliphatic rings. The normalized spacial score (nSPS) is 10.5. The predicted octanol–water partition coefficient (Wildman–Crippen LogP) is 2.21. The number of nitrogens with zero attached hydrogens (tertiary/aromatic N) is 2. The third kappa shape index (κ3) is 3.69. The first-order valence-electron chi connectivity index (χ1n) is 4.83. The van der Waals surface area contributed by atoms with Gasteiger partial charge in [-0.25, -0.2) is 13.8 Å². The van der Waals surface area contributed by atoms with Crippen LogP contribution in [0.25, 0.3) is 0 Å². The Hall–Kier alpha value is -1.39. The van der Waals surface area contributed by atoms with Gasteiger partial charge >= 0.3 is 0 Å². The van der Waals surface area contributed by atoms with Crippen molar-refractivity contribution in [2.75, 3.05) is 30.4 Å². The smallest absolute Gasteiger partial charge is 0.255 e. The molecule has 1 aromatic rings. The second-order valence-electron chi connectivity index (χ2n) is 3.18. The molecule has 0 bridgehead atoms. The van der Waals surface area contributed by atoms with Gasteiger partial charge < -0.3 is 10.2 Å². The number of aromatic nitrogens is 1. The molecule has 0 fully saturated rings. The van der Waals surface area contributed by atoms with E-state index in [9.17, 15) is 8.78 Å². The van der Waals surface area contributed by atoms with Crippen molar-refractivity contribution in [3.63, 3.8) is 0 Å². The monoisotopic (exact) mass is 215 g/mol. The van der Waals surface area contributed by atoms with Crippen LogP contribution in [0.5, 0.6) is 0 Å². The molecule has 84 valence electrons. The lowest BCUT2D eigenvalue weighted by molar-refractivity contribution is 0.156. The topological polar surface area (TPSA) is 28.2 Å². The zero-order valence-corrected chi connectivity index (χ0v) is 8.87. The van der Waals surface area contributed by atoms with Crippen molar-refractivity contribution in [1.29, 1.82) is 0 Å². The van der Waals surface area contributed by atoms with E-state index >= 15 is 0 Å². The summed E-state index contributed by atoms with van der Waals surface area (Å²) in [6, 6.07) is 5.31. The molecule has 0 radical (unpaired) electrons. The highest BCUT2D eigenvalue weighted by Gasteiger charge is 2.09. The molecule has 0 spiro atoms. The number of halogens is 2. The van der Waals surface area contributed by atoms with Crippen LogP contribution in [0.4, 0.5) is 20.4 Å². The highest BCUT2D eigenvalue weighted by atomic mass is 19.3. The van der Waals surface area contributed by atoms with E-state index in [1.807, 2.05) is 13.0 Å². The van der Waals surface area contributed by atoms with Gasteiger partial charge in [-0.3, -0.25) is 0 Å². The Bertz CT molecular complexity index is 304. The van der Waals surface area contributed by atoms with Crippen molar-refractivity contribution in [2.24, 2.45) is 0 Å². The van der Waals surface area contributed by atoms with E-state index in [0.717, 1.165) is 6.54 Å². The predicted molar refractivity (Wildman–Crippen MR) is 57.7 cm³/mol. The van der Waals surface area contributed by atoms with Gasteiger partial charge in [0.2, 0.25) is 0 Å². The van der Waals surface area contributed by atoms with E-state index in [4.69, 9.17) is 0 Å². The molecule has 0 unspecified atom stereocenters. The third-order valence-corrected chi connectivity index (χ3v) is 1.90. The number of alkyl halides is 2. The van der Waals surface area contributed by atoms with Gasteiger partial charge in [-0.05, 0) is 19.1 Å². The van der Waals surface area contributed by atoms with Crippen molar-refractivity contribution in [2.45, 2.75) is 13.3 Å². The van der Waals surface area contributed by atoms with Gasteiger partial charge in [0.15, 0.2) is 0 Å². The van der Waals surface area contributed by atoms with Crippen LogP contribution < -0.4 is 10.2 Å². The van der Waals surface area contributed by atoms with Crippen molar-refractivity contribution >= 4 is 11.6 Å². The number of rotatable bonds is 5. The van der Waals surface area contributed by atoms with Crippen LogP contribution in [-0.2, 0) is 0 Å². The maximum Gasteiger partial charge on any atom is 0.255 e. The average molecular weight is 215 g/mol. The summed E-state index contributed by atoms with van der Waals surface area (Å²) in [6.07, 6.45) is -2.35. The summed E-state index contributed by atoms with van der Waals surface area (Å²) in [5.74, 6) is 1.25. The third-order valence-electron chi connectivity index (χ3n) is 1.90. The molecule has 0 aliphatic heterocycles. The number of hydrogen-bond donors (Lipinski definition) is 1. The fourth-order valence-electron chi connectivity index (χ4n) is 1.22. The van der Waals surface area contributed by atoms with Crippen molar-refractivity contribution in [3.8, 4) is 0 Å². The van der Waals surface area contributed by atoms with Crippen LogP contribution in [0.15, 0.2) is 18.2 Å². The summed E-state index contributed by atoms with van der Waals surface area (Å²) in [5, 5.41) is 3.03. The molecule has 1 aromatic heterocycles. The fraction of sp³-hybridized carbons (Fsp3) is 0.500. The second-order valence-corrected chi connectivity index (χ2v) is 3.18. The van der Waals surface area contributed by atoms with E-state index < -0.39 is 6.43 Å². The summed E-state index contributed by atoms with van der Waals surface area (Å²) in [4.78, 5) is 5.63. The molecule has 0 amide bonds. The molecule has 15 heavy (non-hydrogen) atoms. The minimum absolute atomic E-state index is 0.303. The quantitative estimate of drug-likeness (QED) is 0.816. The number of hydrogen-bond acceptors (Lipinski definition) is 3. The molecule has 1 N–H and O–H groups in total. The average Bonchev–Trinajstić information content (AvgIpc) is 2.17. The summed E-state index contributed by atoms with van der Waals surface area (Å²) >= 11 is 0. The van der Waals surface area contributed by atoms with Gasteiger partial charge in [-0.2, -0.15) is 0 Å². The molecule has 1 rings (SSSR count). The van der Waals surface area contributed by atoms with Crippen LogP contribution in [0.3, 0.4) is 0 Å². The molecular formula is C10H15F2N3. The highest BCUT2D eigenvalue weighted by molar-refractivity contribution is 5.46. The van der Waals surface area contributed by atoms with Gasteiger partial charge in [-0.15, -0.1) is 0 Å². The number of anilines is 2. The van der Waals surface area contributed by atoms with Crippen LogP contribution in [0.1, 0.15) is 6.92 Å². The largest absolute Gasteiger partial charge is 0.370 e. The van der Waals surface area contributed by atoms with Crippen LogP contribution in [-0.4, -0.2) is 31.5 Å². The minimum Gasteiger partial charge on any atom is -0.370 e. The molecule has 0 saturated carbocycles. The summed E-state index contributed by atoms with van der Waals surface area (Å²) in [6.45, 7) is 2.41. The lowest BCUT2D eigenvalue weighted by Crippen LogP contribution is -2.25. The van der Waals surface area contributed by atoms with Crippen molar-refractivity contribution < 1.29 is 8.78 Å². The molecule has 0 saturated heterocycles. The molecular weight excluding hydrogens is 200 g/mol. The van der Waals surface area contributed by atoms with Gasteiger partial charge in [0.1, 0.15) is 11.6 Å². The molecule has 5 heteroatoms. The Kier molecular flexibility index (Phi) is 4.27. The standard InChI is InChI=1S/C10H15F2N3/c1-3-13-9-5-4-6-10(14-9)15(2)7-8(11)12/h4-6,8H,3,7H2,1-2H3,(H,13,14). The Balaban J connectivity index is 2.71. The van der Waals surface area contributed by atoms with E-state index in [1.54, 1.807) is 19.2 Å². The summed E-state index contributed by atoms with van der Waals surface area (Å²) in [5.41, 5.74) is 0. The fourth-order valence-corrected chi connectivity index (χ4v) is 1.22. The summed E-state index contributed by atoms with van der Waals surface area (Å²) in [7, 11) is 1.60. The number of nitrogens with one attached hydrogen (secondary N) is 1. The van der Waals surface area contributed by atoms with E-state index in [0.29, 0.717) is 11.6 Å². The van der Waals surface area contributed by atoms with Gasteiger partial charge in [0.25, 0.3) is 6.43 Å². The lowest BCUT2D eigenvalue weighted by Gasteiger charge is -2.18.